The molecule has 0 unspecified atom stereocenters. The molecule has 1 rings (SSSR count). The van der Waals surface area contributed by atoms with Gasteiger partial charge in [0.1, 0.15) is 0 Å². The standard InChI is InChI=1S/C13H25N3O2/c1-12(2,11(18)15-3)9-16-10(17)7-13(8-14)5-4-6-13/h4-9,14H2,1-3H3,(H,15,18)(H,16,17). The molecule has 0 radical (unpaired) electrons. The number of carbonyl (C=O) groups is 2. The fraction of sp³-hybridized carbons (Fsp3) is 0.846. The molecule has 4 N–H and O–H groups in total. The Morgan fingerprint density at radius 3 is 2.33 bits per heavy atom. The van der Waals surface area contributed by atoms with Crippen LogP contribution in [0.4, 0.5) is 0 Å². The molecule has 1 fully saturated rings. The van der Waals surface area contributed by atoms with Crippen molar-refractivity contribution in [2.24, 2.45) is 16.6 Å². The van der Waals surface area contributed by atoms with Gasteiger partial charge in [-0.3, -0.25) is 9.59 Å². The van der Waals surface area contributed by atoms with E-state index >= 15 is 0 Å². The van der Waals surface area contributed by atoms with Crippen LogP contribution in [0.3, 0.4) is 0 Å². The highest BCUT2D eigenvalue weighted by Crippen LogP contribution is 2.42. The van der Waals surface area contributed by atoms with Gasteiger partial charge in [0.15, 0.2) is 0 Å². The van der Waals surface area contributed by atoms with E-state index < -0.39 is 5.41 Å². The molecule has 0 heterocycles. The zero-order chi connectivity index (χ0) is 13.8. The molecule has 0 aliphatic heterocycles. The summed E-state index contributed by atoms with van der Waals surface area (Å²) < 4.78 is 0. The van der Waals surface area contributed by atoms with Crippen molar-refractivity contribution in [3.05, 3.63) is 0 Å². The van der Waals surface area contributed by atoms with Crippen molar-refractivity contribution in [2.75, 3.05) is 20.1 Å². The molecule has 0 aromatic carbocycles. The summed E-state index contributed by atoms with van der Waals surface area (Å²) in [7, 11) is 1.60. The Kier molecular flexibility index (Phi) is 4.73. The predicted molar refractivity (Wildman–Crippen MR) is 70.8 cm³/mol. The van der Waals surface area contributed by atoms with Crippen LogP contribution >= 0.6 is 0 Å². The average molecular weight is 255 g/mol. The zero-order valence-corrected chi connectivity index (χ0v) is 11.6. The van der Waals surface area contributed by atoms with E-state index in [2.05, 4.69) is 10.6 Å². The molecule has 1 saturated carbocycles. The largest absolute Gasteiger partial charge is 0.359 e. The van der Waals surface area contributed by atoms with E-state index in [0.29, 0.717) is 19.5 Å². The maximum Gasteiger partial charge on any atom is 0.227 e. The SMILES string of the molecule is CNC(=O)C(C)(C)CNC(=O)CC1(CN)CCC1. The van der Waals surface area contributed by atoms with Crippen molar-refractivity contribution in [1.82, 2.24) is 10.6 Å². The van der Waals surface area contributed by atoms with Crippen molar-refractivity contribution in [3.63, 3.8) is 0 Å². The second-order valence-corrected chi connectivity index (χ2v) is 5.97. The Bertz CT molecular complexity index is 317. The fourth-order valence-corrected chi connectivity index (χ4v) is 2.27. The van der Waals surface area contributed by atoms with Crippen molar-refractivity contribution < 1.29 is 9.59 Å². The molecule has 0 bridgehead atoms. The third-order valence-corrected chi connectivity index (χ3v) is 3.95. The van der Waals surface area contributed by atoms with Gasteiger partial charge < -0.3 is 16.4 Å². The maximum atomic E-state index is 11.9. The van der Waals surface area contributed by atoms with Crippen LogP contribution < -0.4 is 16.4 Å². The molecular formula is C13H25N3O2. The van der Waals surface area contributed by atoms with Crippen LogP contribution in [-0.4, -0.2) is 32.0 Å². The lowest BCUT2D eigenvalue weighted by Crippen LogP contribution is -2.46. The van der Waals surface area contributed by atoms with Crippen LogP contribution in [0.25, 0.3) is 0 Å². The normalized spacial score (nSPS) is 17.8. The van der Waals surface area contributed by atoms with Crippen LogP contribution in [0, 0.1) is 10.8 Å². The lowest BCUT2D eigenvalue weighted by Gasteiger charge is -2.40. The molecule has 1 aliphatic carbocycles. The summed E-state index contributed by atoms with van der Waals surface area (Å²) in [4.78, 5) is 23.4. The highest BCUT2D eigenvalue weighted by atomic mass is 16.2. The smallest absolute Gasteiger partial charge is 0.227 e. The number of hydrogen-bond donors (Lipinski definition) is 3. The highest BCUT2D eigenvalue weighted by Gasteiger charge is 2.38. The Balaban J connectivity index is 2.39. The molecule has 5 nitrogen and oxygen atoms in total. The first kappa shape index (κ1) is 15.0. The van der Waals surface area contributed by atoms with Gasteiger partial charge in [0, 0.05) is 20.0 Å². The number of nitrogens with one attached hydrogen (secondary N) is 2. The summed E-state index contributed by atoms with van der Waals surface area (Å²) >= 11 is 0. The van der Waals surface area contributed by atoms with E-state index in [9.17, 15) is 9.59 Å². The van der Waals surface area contributed by atoms with Crippen LogP contribution in [0.1, 0.15) is 39.5 Å². The van der Waals surface area contributed by atoms with Crippen molar-refractivity contribution in [2.45, 2.75) is 39.5 Å². The lowest BCUT2D eigenvalue weighted by molar-refractivity contribution is -0.130. The minimum atomic E-state index is -0.583. The molecule has 104 valence electrons. The monoisotopic (exact) mass is 255 g/mol. The third-order valence-electron chi connectivity index (χ3n) is 3.95. The van der Waals surface area contributed by atoms with Crippen molar-refractivity contribution in [1.29, 1.82) is 0 Å². The number of carbonyl (C=O) groups excluding carboxylic acids is 2. The third kappa shape index (κ3) is 3.45. The predicted octanol–water partition coefficient (Wildman–Crippen LogP) is 0.394. The van der Waals surface area contributed by atoms with Gasteiger partial charge in [-0.2, -0.15) is 0 Å². The quantitative estimate of drug-likeness (QED) is 0.642. The van der Waals surface area contributed by atoms with E-state index in [-0.39, 0.29) is 17.2 Å². The molecule has 0 aromatic heterocycles. The van der Waals surface area contributed by atoms with Gasteiger partial charge in [-0.15, -0.1) is 0 Å². The van der Waals surface area contributed by atoms with Gasteiger partial charge in [-0.05, 0) is 38.6 Å². The molecule has 1 aliphatic rings. The molecule has 5 heteroatoms. The molecule has 2 amide bonds. The first-order valence-electron chi connectivity index (χ1n) is 6.54. The minimum Gasteiger partial charge on any atom is -0.359 e. The molecule has 18 heavy (non-hydrogen) atoms. The van der Waals surface area contributed by atoms with E-state index in [1.807, 2.05) is 13.8 Å². The Morgan fingerprint density at radius 1 is 1.33 bits per heavy atom. The summed E-state index contributed by atoms with van der Waals surface area (Å²) in [6.07, 6.45) is 3.72. The second kappa shape index (κ2) is 5.69. The lowest BCUT2D eigenvalue weighted by atomic mass is 9.66. The van der Waals surface area contributed by atoms with Gasteiger partial charge >= 0.3 is 0 Å². The van der Waals surface area contributed by atoms with Crippen molar-refractivity contribution in [3.8, 4) is 0 Å². The average Bonchev–Trinajstić information content (AvgIpc) is 2.30. The van der Waals surface area contributed by atoms with E-state index in [1.54, 1.807) is 7.05 Å². The van der Waals surface area contributed by atoms with Gasteiger partial charge in [0.25, 0.3) is 0 Å². The van der Waals surface area contributed by atoms with Crippen LogP contribution in [-0.2, 0) is 9.59 Å². The summed E-state index contributed by atoms with van der Waals surface area (Å²) in [6, 6.07) is 0. The van der Waals surface area contributed by atoms with Crippen molar-refractivity contribution >= 4 is 11.8 Å². The summed E-state index contributed by atoms with van der Waals surface area (Å²) in [5, 5.41) is 5.44. The highest BCUT2D eigenvalue weighted by molar-refractivity contribution is 5.83. The van der Waals surface area contributed by atoms with Gasteiger partial charge in [0.05, 0.1) is 5.41 Å². The number of hydrogen-bond acceptors (Lipinski definition) is 3. The summed E-state index contributed by atoms with van der Waals surface area (Å²) in [5.74, 6) is -0.0721. The van der Waals surface area contributed by atoms with Gasteiger partial charge in [-0.1, -0.05) is 6.42 Å². The van der Waals surface area contributed by atoms with Gasteiger partial charge in [0.2, 0.25) is 11.8 Å². The fourth-order valence-electron chi connectivity index (χ4n) is 2.27. The van der Waals surface area contributed by atoms with Gasteiger partial charge in [-0.25, -0.2) is 0 Å². The first-order chi connectivity index (χ1) is 8.35. The number of nitrogens with two attached hydrogens (primary N) is 1. The van der Waals surface area contributed by atoms with Crippen LogP contribution in [0.5, 0.6) is 0 Å². The Labute approximate surface area is 109 Å². The Hall–Kier alpha value is -1.10. The minimum absolute atomic E-state index is 0.00266. The zero-order valence-electron chi connectivity index (χ0n) is 11.6. The summed E-state index contributed by atoms with van der Waals surface area (Å²) in [6.45, 7) is 4.55. The van der Waals surface area contributed by atoms with E-state index in [4.69, 9.17) is 5.73 Å². The molecule has 0 aromatic rings. The van der Waals surface area contributed by atoms with Crippen LogP contribution in [0.2, 0.25) is 0 Å². The molecular weight excluding hydrogens is 230 g/mol. The van der Waals surface area contributed by atoms with Crippen LogP contribution in [0.15, 0.2) is 0 Å². The molecule has 0 atom stereocenters. The number of rotatable bonds is 6. The maximum absolute atomic E-state index is 11.9. The number of amides is 2. The topological polar surface area (TPSA) is 84.2 Å². The first-order valence-corrected chi connectivity index (χ1v) is 6.54. The Morgan fingerprint density at radius 2 is 1.94 bits per heavy atom. The second-order valence-electron chi connectivity index (χ2n) is 5.97. The van der Waals surface area contributed by atoms with E-state index in [1.165, 1.54) is 0 Å². The summed E-state index contributed by atoms with van der Waals surface area (Å²) in [5.41, 5.74) is 5.16. The molecule has 0 spiro atoms. The molecule has 0 saturated heterocycles. The van der Waals surface area contributed by atoms with E-state index in [0.717, 1.165) is 19.3 Å².